The van der Waals surface area contributed by atoms with Gasteiger partial charge in [-0.2, -0.15) is 5.10 Å². The van der Waals surface area contributed by atoms with Gasteiger partial charge in [0.15, 0.2) is 5.78 Å². The highest BCUT2D eigenvalue weighted by atomic mass is 16.3. The zero-order valence-electron chi connectivity index (χ0n) is 8.73. The summed E-state index contributed by atoms with van der Waals surface area (Å²) in [5.74, 6) is 0.0713. The monoisotopic (exact) mass is 204 g/mol. The molecule has 15 heavy (non-hydrogen) atoms. The molecule has 0 N–H and O–H groups in total. The van der Waals surface area contributed by atoms with Gasteiger partial charge in [-0.05, 0) is 18.6 Å². The van der Waals surface area contributed by atoms with E-state index in [-0.39, 0.29) is 5.78 Å². The molecule has 0 aromatic carbocycles. The maximum atomic E-state index is 11.9. The van der Waals surface area contributed by atoms with E-state index in [1.54, 1.807) is 29.5 Å². The molecule has 2 aromatic rings. The Bertz CT molecular complexity index is 469. The fraction of sp³-hybridized carbons (Fsp3) is 0.273. The minimum atomic E-state index is 0.0713. The number of carbonyl (C=O) groups excluding carboxylic acids is 1. The van der Waals surface area contributed by atoms with Crippen LogP contribution in [-0.2, 0) is 13.5 Å². The minimum absolute atomic E-state index is 0.0713. The molecule has 0 spiro atoms. The Balaban J connectivity index is 2.18. The summed E-state index contributed by atoms with van der Waals surface area (Å²) < 4.78 is 6.56. The van der Waals surface area contributed by atoms with Gasteiger partial charge in [-0.3, -0.25) is 9.48 Å². The summed E-state index contributed by atoms with van der Waals surface area (Å²) in [6, 6.07) is 1.80. The lowest BCUT2D eigenvalue weighted by atomic mass is 10.1. The third-order valence-corrected chi connectivity index (χ3v) is 2.26. The van der Waals surface area contributed by atoms with Crippen LogP contribution in [0.3, 0.4) is 0 Å². The molecule has 2 aromatic heterocycles. The highest BCUT2D eigenvalue weighted by Crippen LogP contribution is 2.10. The van der Waals surface area contributed by atoms with Crippen LogP contribution in [-0.4, -0.2) is 15.6 Å². The number of hydrogen-bond donors (Lipinski definition) is 0. The van der Waals surface area contributed by atoms with Gasteiger partial charge in [-0.25, -0.2) is 0 Å². The topological polar surface area (TPSA) is 48.0 Å². The Kier molecular flexibility index (Phi) is 2.41. The van der Waals surface area contributed by atoms with Crippen LogP contribution in [0.2, 0.25) is 0 Å². The van der Waals surface area contributed by atoms with Gasteiger partial charge in [0.25, 0.3) is 0 Å². The molecule has 4 nitrogen and oxygen atoms in total. The summed E-state index contributed by atoms with van der Waals surface area (Å²) in [6.45, 7) is 1.84. The first-order valence-corrected chi connectivity index (χ1v) is 4.71. The van der Waals surface area contributed by atoms with Crippen LogP contribution in [0.15, 0.2) is 29.2 Å². The van der Waals surface area contributed by atoms with E-state index in [9.17, 15) is 4.79 Å². The van der Waals surface area contributed by atoms with Crippen LogP contribution in [0.5, 0.6) is 0 Å². The number of hydrogen-bond acceptors (Lipinski definition) is 3. The summed E-state index contributed by atoms with van der Waals surface area (Å²) in [6.07, 6.45) is 5.27. The fourth-order valence-corrected chi connectivity index (χ4v) is 1.55. The molecule has 0 saturated heterocycles. The number of rotatable bonds is 3. The van der Waals surface area contributed by atoms with E-state index >= 15 is 0 Å². The van der Waals surface area contributed by atoms with Crippen molar-refractivity contribution in [2.45, 2.75) is 13.3 Å². The maximum Gasteiger partial charge on any atom is 0.170 e. The van der Waals surface area contributed by atoms with Gasteiger partial charge in [0.05, 0.1) is 23.8 Å². The third kappa shape index (κ3) is 1.98. The van der Waals surface area contributed by atoms with Gasteiger partial charge < -0.3 is 4.42 Å². The Hall–Kier alpha value is -1.84. The second kappa shape index (κ2) is 3.73. The highest BCUT2D eigenvalue weighted by Gasteiger charge is 2.13. The number of furan rings is 1. The molecule has 0 fully saturated rings. The number of ketones is 1. The van der Waals surface area contributed by atoms with Gasteiger partial charge in [-0.1, -0.05) is 0 Å². The molecular formula is C11H12N2O2. The predicted molar refractivity (Wildman–Crippen MR) is 54.7 cm³/mol. The Morgan fingerprint density at radius 2 is 2.40 bits per heavy atom. The smallest absolute Gasteiger partial charge is 0.170 e. The summed E-state index contributed by atoms with van der Waals surface area (Å²) in [5, 5.41) is 4.13. The molecule has 78 valence electrons. The summed E-state index contributed by atoms with van der Waals surface area (Å²) in [7, 11) is 1.81. The van der Waals surface area contributed by atoms with Crippen LogP contribution in [0, 0.1) is 6.92 Å². The van der Waals surface area contributed by atoms with Crippen molar-refractivity contribution in [3.05, 3.63) is 41.6 Å². The Labute approximate surface area is 87.5 Å². The number of Topliss-reactive ketones (excluding diaryl/α,β-unsaturated/α-hetero) is 1. The van der Waals surface area contributed by atoms with E-state index in [0.717, 1.165) is 11.3 Å². The summed E-state index contributed by atoms with van der Waals surface area (Å²) in [5.41, 5.74) is 2.34. The third-order valence-electron chi connectivity index (χ3n) is 2.26. The van der Waals surface area contributed by atoms with Crippen molar-refractivity contribution in [1.29, 1.82) is 0 Å². The molecule has 0 aliphatic heterocycles. The van der Waals surface area contributed by atoms with Crippen molar-refractivity contribution in [3.63, 3.8) is 0 Å². The highest BCUT2D eigenvalue weighted by molar-refractivity contribution is 5.98. The molecule has 2 heterocycles. The van der Waals surface area contributed by atoms with Gasteiger partial charge in [-0.15, -0.1) is 0 Å². The van der Waals surface area contributed by atoms with Crippen molar-refractivity contribution in [2.24, 2.45) is 7.05 Å². The molecule has 0 unspecified atom stereocenters. The lowest BCUT2D eigenvalue weighted by Gasteiger charge is -1.95. The molecule has 0 atom stereocenters. The Morgan fingerprint density at radius 3 is 2.93 bits per heavy atom. The first-order valence-electron chi connectivity index (χ1n) is 4.71. The molecule has 0 aliphatic carbocycles. The molecule has 0 amide bonds. The average molecular weight is 204 g/mol. The molecule has 4 heteroatoms. The molecule has 0 saturated carbocycles. The summed E-state index contributed by atoms with van der Waals surface area (Å²) in [4.78, 5) is 11.9. The number of aryl methyl sites for hydroxylation is 2. The van der Waals surface area contributed by atoms with E-state index < -0.39 is 0 Å². The van der Waals surface area contributed by atoms with Crippen molar-refractivity contribution in [2.75, 3.05) is 0 Å². The molecule has 2 rings (SSSR count). The standard InChI is InChI=1S/C11H12N2O2/c1-8-10(6-13(2)12-8)11(14)5-9-3-4-15-7-9/h3-4,6-7H,5H2,1-2H3. The number of nitrogens with zero attached hydrogens (tertiary/aromatic N) is 2. The number of aromatic nitrogens is 2. The van der Waals surface area contributed by atoms with Crippen LogP contribution in [0.25, 0.3) is 0 Å². The quantitative estimate of drug-likeness (QED) is 0.715. The first kappa shape index (κ1) is 9.71. The lowest BCUT2D eigenvalue weighted by Crippen LogP contribution is -2.03. The van der Waals surface area contributed by atoms with E-state index in [4.69, 9.17) is 4.42 Å². The second-order valence-corrected chi connectivity index (χ2v) is 3.53. The van der Waals surface area contributed by atoms with Crippen LogP contribution in [0.4, 0.5) is 0 Å². The zero-order chi connectivity index (χ0) is 10.8. The first-order chi connectivity index (χ1) is 7.16. The van der Waals surface area contributed by atoms with E-state index in [1.165, 1.54) is 0 Å². The predicted octanol–water partition coefficient (Wildman–Crippen LogP) is 1.75. The normalized spacial score (nSPS) is 10.5. The Morgan fingerprint density at radius 1 is 1.60 bits per heavy atom. The van der Waals surface area contributed by atoms with Gasteiger partial charge in [0, 0.05) is 19.7 Å². The van der Waals surface area contributed by atoms with Crippen LogP contribution >= 0.6 is 0 Å². The van der Waals surface area contributed by atoms with Crippen molar-refractivity contribution in [1.82, 2.24) is 9.78 Å². The largest absolute Gasteiger partial charge is 0.472 e. The second-order valence-electron chi connectivity index (χ2n) is 3.53. The molecular weight excluding hydrogens is 192 g/mol. The minimum Gasteiger partial charge on any atom is -0.472 e. The van der Waals surface area contributed by atoms with Crippen molar-refractivity contribution >= 4 is 5.78 Å². The molecule has 0 aliphatic rings. The molecule has 0 bridgehead atoms. The van der Waals surface area contributed by atoms with E-state index in [2.05, 4.69) is 5.10 Å². The molecule has 0 radical (unpaired) electrons. The fourth-order valence-electron chi connectivity index (χ4n) is 1.55. The maximum absolute atomic E-state index is 11.9. The zero-order valence-corrected chi connectivity index (χ0v) is 8.73. The lowest BCUT2D eigenvalue weighted by molar-refractivity contribution is 0.0992. The van der Waals surface area contributed by atoms with Gasteiger partial charge in [0.1, 0.15) is 0 Å². The number of carbonyl (C=O) groups is 1. The average Bonchev–Trinajstić information content (AvgIpc) is 2.75. The van der Waals surface area contributed by atoms with Crippen molar-refractivity contribution < 1.29 is 9.21 Å². The van der Waals surface area contributed by atoms with E-state index in [1.807, 2.05) is 14.0 Å². The van der Waals surface area contributed by atoms with Crippen molar-refractivity contribution in [3.8, 4) is 0 Å². The van der Waals surface area contributed by atoms with Crippen LogP contribution in [0.1, 0.15) is 21.6 Å². The van der Waals surface area contributed by atoms with Gasteiger partial charge in [0.2, 0.25) is 0 Å². The van der Waals surface area contributed by atoms with E-state index in [0.29, 0.717) is 12.0 Å². The SMILES string of the molecule is Cc1nn(C)cc1C(=O)Cc1ccoc1. The summed E-state index contributed by atoms with van der Waals surface area (Å²) >= 11 is 0. The van der Waals surface area contributed by atoms with Gasteiger partial charge >= 0.3 is 0 Å². The van der Waals surface area contributed by atoms with Crippen LogP contribution < -0.4 is 0 Å².